The summed E-state index contributed by atoms with van der Waals surface area (Å²) < 4.78 is 28.6. The van der Waals surface area contributed by atoms with Crippen molar-refractivity contribution in [3.05, 3.63) is 85.1 Å². The standard InChI is InChI=1S/C75H128O12/c1-4-7-10-13-16-19-22-25-28-31-34-37-40-43-46-49-52-55-58-61-67(76)83-64-66(85-68(77)62-59-56-53-50-47-44-41-38-35-32-29-26-23-20-17-14-11-8-5-2)65-84-75-73(71(80)70(79)72(87-75)74(81)82)86-69(78)63-60-57-54-51-48-45-42-39-36-33-30-27-24-21-18-15-12-9-6-3/h16-17,19-20,25-30,34-35,37-38,66,70-73,75,79-80H,4-15,18,21-24,31-33,36,39-65H2,1-3H3,(H,81,82)/b19-16-,20-17-,28-25-,29-26-,30-27-,37-34-,38-35-. The Balaban J connectivity index is 2.65. The summed E-state index contributed by atoms with van der Waals surface area (Å²) in [7, 11) is 0. The number of ether oxygens (including phenoxy) is 5. The lowest BCUT2D eigenvalue weighted by Crippen LogP contribution is -2.61. The van der Waals surface area contributed by atoms with Gasteiger partial charge in [0.05, 0.1) is 6.61 Å². The van der Waals surface area contributed by atoms with Crippen molar-refractivity contribution in [1.82, 2.24) is 0 Å². The van der Waals surface area contributed by atoms with Crippen molar-refractivity contribution >= 4 is 23.9 Å². The number of aliphatic carboxylic acids is 1. The minimum atomic E-state index is -1.91. The lowest BCUT2D eigenvalue weighted by Gasteiger charge is -2.40. The maximum Gasteiger partial charge on any atom is 0.335 e. The normalized spacial score (nSPS) is 17.8. The van der Waals surface area contributed by atoms with Crippen LogP contribution in [0.2, 0.25) is 0 Å². The number of carbonyl (C=O) groups excluding carboxylic acids is 3. The second kappa shape index (κ2) is 62.1. The number of esters is 3. The molecular formula is C75H128O12. The van der Waals surface area contributed by atoms with E-state index in [0.717, 1.165) is 135 Å². The van der Waals surface area contributed by atoms with Crippen LogP contribution >= 0.6 is 0 Å². The third kappa shape index (κ3) is 51.4. The van der Waals surface area contributed by atoms with Crippen LogP contribution in [0.4, 0.5) is 0 Å². The Morgan fingerprint density at radius 2 is 0.690 bits per heavy atom. The highest BCUT2D eigenvalue weighted by Crippen LogP contribution is 2.27. The number of unbranched alkanes of at least 4 members (excludes halogenated alkanes) is 33. The van der Waals surface area contributed by atoms with Crippen molar-refractivity contribution in [2.75, 3.05) is 13.2 Å². The van der Waals surface area contributed by atoms with E-state index in [4.69, 9.17) is 23.7 Å². The molecule has 0 aromatic heterocycles. The Hall–Kier alpha value is -4.10. The predicted octanol–water partition coefficient (Wildman–Crippen LogP) is 19.8. The van der Waals surface area contributed by atoms with Crippen LogP contribution < -0.4 is 0 Å². The van der Waals surface area contributed by atoms with Gasteiger partial charge in [0.15, 0.2) is 24.6 Å². The SMILES string of the molecule is CCCCC/C=C\C/C=C\C/C=C\CCCCCCCCC(=O)OCC(COC1OC(C(=O)O)C(O)C(O)C1OC(=O)CCCCCCCCCCC/C=C\CCCCCCCC)OC(=O)CCCCCCCC/C=C\C/C=C\C/C=C\CCCCC. The zero-order valence-corrected chi connectivity index (χ0v) is 55.5. The number of carbonyl (C=O) groups is 4. The number of aliphatic hydroxyl groups is 2. The first-order chi connectivity index (χ1) is 42.6. The third-order valence-electron chi connectivity index (χ3n) is 15.9. The number of hydrogen-bond acceptors (Lipinski definition) is 11. The molecule has 0 radical (unpaired) electrons. The number of hydrogen-bond donors (Lipinski definition) is 3. The molecule has 1 aliphatic heterocycles. The molecule has 1 saturated heterocycles. The van der Waals surface area contributed by atoms with E-state index < -0.39 is 67.3 Å². The first-order valence-electron chi connectivity index (χ1n) is 35.6. The summed E-state index contributed by atoms with van der Waals surface area (Å²) in [6, 6.07) is 0. The number of rotatable bonds is 61. The second-order valence-electron chi connectivity index (χ2n) is 24.2. The predicted molar refractivity (Wildman–Crippen MR) is 358 cm³/mol. The van der Waals surface area contributed by atoms with E-state index in [1.54, 1.807) is 0 Å². The van der Waals surface area contributed by atoms with Crippen molar-refractivity contribution in [1.29, 1.82) is 0 Å². The fourth-order valence-corrected chi connectivity index (χ4v) is 10.4. The molecule has 0 aliphatic carbocycles. The molecule has 6 atom stereocenters. The molecule has 0 amide bonds. The van der Waals surface area contributed by atoms with Crippen LogP contribution in [-0.2, 0) is 42.9 Å². The summed E-state index contributed by atoms with van der Waals surface area (Å²) >= 11 is 0. The Morgan fingerprint density at radius 3 is 1.08 bits per heavy atom. The van der Waals surface area contributed by atoms with Gasteiger partial charge in [-0.05, 0) is 122 Å². The van der Waals surface area contributed by atoms with Crippen LogP contribution in [0.25, 0.3) is 0 Å². The smallest absolute Gasteiger partial charge is 0.335 e. The Morgan fingerprint density at radius 1 is 0.379 bits per heavy atom. The highest BCUT2D eigenvalue weighted by atomic mass is 16.7. The van der Waals surface area contributed by atoms with Gasteiger partial charge in [0.25, 0.3) is 0 Å². The van der Waals surface area contributed by atoms with E-state index in [1.807, 2.05) is 0 Å². The first kappa shape index (κ1) is 80.9. The minimum absolute atomic E-state index is 0.0536. The average molecular weight is 1220 g/mol. The van der Waals surface area contributed by atoms with Crippen LogP contribution in [0.3, 0.4) is 0 Å². The molecule has 500 valence electrons. The highest BCUT2D eigenvalue weighted by Gasteiger charge is 2.50. The van der Waals surface area contributed by atoms with Crippen LogP contribution in [-0.4, -0.2) is 89.2 Å². The first-order valence-corrected chi connectivity index (χ1v) is 35.6. The minimum Gasteiger partial charge on any atom is -0.479 e. The molecule has 0 bridgehead atoms. The molecule has 1 fully saturated rings. The molecule has 3 N–H and O–H groups in total. The Labute approximate surface area is 531 Å². The molecule has 12 heteroatoms. The molecule has 87 heavy (non-hydrogen) atoms. The average Bonchev–Trinajstić information content (AvgIpc) is 2.56. The van der Waals surface area contributed by atoms with Gasteiger partial charge in [0.2, 0.25) is 0 Å². The van der Waals surface area contributed by atoms with E-state index in [1.165, 1.54) is 122 Å². The topological polar surface area (TPSA) is 175 Å². The van der Waals surface area contributed by atoms with Gasteiger partial charge in [0, 0.05) is 19.3 Å². The van der Waals surface area contributed by atoms with Gasteiger partial charge in [-0.15, -0.1) is 0 Å². The van der Waals surface area contributed by atoms with E-state index in [-0.39, 0.29) is 25.9 Å². The van der Waals surface area contributed by atoms with E-state index >= 15 is 0 Å². The summed E-state index contributed by atoms with van der Waals surface area (Å²) in [6.45, 7) is 5.96. The van der Waals surface area contributed by atoms with Crippen LogP contribution in [0.15, 0.2) is 85.1 Å². The number of carboxylic acid groups (broad SMARTS) is 1. The summed E-state index contributed by atoms with van der Waals surface area (Å²) in [5.74, 6) is -3.14. The number of allylic oxidation sites excluding steroid dienone is 14. The van der Waals surface area contributed by atoms with Gasteiger partial charge in [-0.25, -0.2) is 4.79 Å². The molecule has 0 aromatic rings. The van der Waals surface area contributed by atoms with E-state index in [2.05, 4.69) is 106 Å². The monoisotopic (exact) mass is 1220 g/mol. The van der Waals surface area contributed by atoms with Gasteiger partial charge < -0.3 is 39.0 Å². The van der Waals surface area contributed by atoms with E-state index in [9.17, 15) is 34.5 Å². The van der Waals surface area contributed by atoms with Crippen molar-refractivity contribution in [3.63, 3.8) is 0 Å². The zero-order valence-electron chi connectivity index (χ0n) is 55.5. The van der Waals surface area contributed by atoms with Crippen molar-refractivity contribution < 1.29 is 58.2 Å². The maximum absolute atomic E-state index is 13.2. The Bertz CT molecular complexity index is 1830. The highest BCUT2D eigenvalue weighted by molar-refractivity contribution is 5.74. The van der Waals surface area contributed by atoms with Crippen molar-refractivity contribution in [3.8, 4) is 0 Å². The third-order valence-corrected chi connectivity index (χ3v) is 15.9. The van der Waals surface area contributed by atoms with Gasteiger partial charge in [0.1, 0.15) is 18.8 Å². The fraction of sp³-hybridized carbons (Fsp3) is 0.760. The van der Waals surface area contributed by atoms with Crippen LogP contribution in [0.1, 0.15) is 316 Å². The molecule has 0 spiro atoms. The molecular weight excluding hydrogens is 1090 g/mol. The molecule has 0 aromatic carbocycles. The quantitative estimate of drug-likeness (QED) is 0.0228. The Kier molecular flexibility index (Phi) is 57.8. The molecule has 1 aliphatic rings. The summed E-state index contributed by atoms with van der Waals surface area (Å²) in [5.41, 5.74) is 0. The van der Waals surface area contributed by atoms with Crippen molar-refractivity contribution in [2.45, 2.75) is 353 Å². The van der Waals surface area contributed by atoms with Gasteiger partial charge in [-0.1, -0.05) is 260 Å². The molecule has 6 unspecified atom stereocenters. The van der Waals surface area contributed by atoms with Crippen LogP contribution in [0, 0.1) is 0 Å². The maximum atomic E-state index is 13.2. The van der Waals surface area contributed by atoms with Crippen molar-refractivity contribution in [2.24, 2.45) is 0 Å². The molecule has 1 heterocycles. The van der Waals surface area contributed by atoms with Gasteiger partial charge in [-0.2, -0.15) is 0 Å². The molecule has 0 saturated carbocycles. The zero-order chi connectivity index (χ0) is 63.1. The summed E-state index contributed by atoms with van der Waals surface area (Å²) in [6.07, 6.45) is 69.5. The largest absolute Gasteiger partial charge is 0.479 e. The summed E-state index contributed by atoms with van der Waals surface area (Å²) in [4.78, 5) is 51.5. The second-order valence-corrected chi connectivity index (χ2v) is 24.2. The number of carboxylic acids is 1. The summed E-state index contributed by atoms with van der Waals surface area (Å²) in [5, 5.41) is 31.7. The van der Waals surface area contributed by atoms with E-state index in [0.29, 0.717) is 19.3 Å². The lowest BCUT2D eigenvalue weighted by molar-refractivity contribution is -0.301. The molecule has 1 rings (SSSR count). The molecule has 12 nitrogen and oxygen atoms in total. The van der Waals surface area contributed by atoms with Crippen LogP contribution in [0.5, 0.6) is 0 Å². The number of aliphatic hydroxyl groups excluding tert-OH is 2. The lowest BCUT2D eigenvalue weighted by atomic mass is 9.98. The fourth-order valence-electron chi connectivity index (χ4n) is 10.4. The van der Waals surface area contributed by atoms with Gasteiger partial charge in [-0.3, -0.25) is 14.4 Å². The van der Waals surface area contributed by atoms with Gasteiger partial charge >= 0.3 is 23.9 Å².